The van der Waals surface area contributed by atoms with Crippen molar-refractivity contribution >= 4 is 5.82 Å². The zero-order chi connectivity index (χ0) is 16.4. The lowest BCUT2D eigenvalue weighted by molar-refractivity contribution is -0.145. The van der Waals surface area contributed by atoms with E-state index in [2.05, 4.69) is 11.6 Å². The average Bonchev–Trinajstić information content (AvgIpc) is 2.48. The molecule has 1 aromatic heterocycles. The molecular formula is C13H12F6N2. The summed E-state index contributed by atoms with van der Waals surface area (Å²) in [7, 11) is 1.35. The van der Waals surface area contributed by atoms with E-state index in [1.807, 2.05) is 0 Å². The summed E-state index contributed by atoms with van der Waals surface area (Å²) in [4.78, 5) is 4.53. The number of aromatic nitrogens is 1. The molecule has 0 saturated heterocycles. The molecule has 0 unspecified atom stereocenters. The number of allylic oxidation sites excluding steroid dienone is 1. The molecule has 21 heavy (non-hydrogen) atoms. The number of nitrogens with zero attached hydrogens (tertiary/aromatic N) is 2. The molecular weight excluding hydrogens is 298 g/mol. The molecule has 0 spiro atoms. The van der Waals surface area contributed by atoms with E-state index in [0.717, 1.165) is 0 Å². The molecule has 8 heteroatoms. The normalized spacial score (nSPS) is 18.1. The fourth-order valence-corrected chi connectivity index (χ4v) is 2.45. The second-order valence-electron chi connectivity index (χ2n) is 5.38. The number of alkyl halides is 6. The van der Waals surface area contributed by atoms with Crippen molar-refractivity contribution in [3.8, 4) is 0 Å². The molecule has 1 aliphatic rings. The lowest BCUT2D eigenvalue weighted by Gasteiger charge is -2.24. The first-order chi connectivity index (χ1) is 9.28. The van der Waals surface area contributed by atoms with Gasteiger partial charge in [-0.15, -0.1) is 0 Å². The van der Waals surface area contributed by atoms with Crippen molar-refractivity contribution in [1.82, 2.24) is 4.98 Å². The van der Waals surface area contributed by atoms with Crippen molar-refractivity contribution < 1.29 is 26.3 Å². The minimum atomic E-state index is -4.95. The molecule has 0 aliphatic carbocycles. The summed E-state index contributed by atoms with van der Waals surface area (Å²) in [6.07, 6.45) is -9.86. The van der Waals surface area contributed by atoms with Crippen LogP contribution < -0.4 is 4.90 Å². The monoisotopic (exact) mass is 310 g/mol. The molecule has 1 aromatic rings. The summed E-state index contributed by atoms with van der Waals surface area (Å²) in [5, 5.41) is 0. The Kier molecular flexibility index (Phi) is 3.09. The van der Waals surface area contributed by atoms with Gasteiger partial charge in [0.15, 0.2) is 0 Å². The van der Waals surface area contributed by atoms with E-state index in [1.165, 1.54) is 25.8 Å². The van der Waals surface area contributed by atoms with Crippen LogP contribution in [0.15, 0.2) is 18.3 Å². The lowest BCUT2D eigenvalue weighted by Crippen LogP contribution is -2.23. The second kappa shape index (κ2) is 4.14. The van der Waals surface area contributed by atoms with Gasteiger partial charge in [-0.2, -0.15) is 26.3 Å². The Morgan fingerprint density at radius 3 is 2.05 bits per heavy atom. The molecule has 0 amide bonds. The first kappa shape index (κ1) is 15.7. The van der Waals surface area contributed by atoms with Crippen molar-refractivity contribution in [3.63, 3.8) is 0 Å². The Morgan fingerprint density at radius 1 is 1.10 bits per heavy atom. The van der Waals surface area contributed by atoms with Gasteiger partial charge in [-0.05, 0) is 6.07 Å². The van der Waals surface area contributed by atoms with Crippen LogP contribution in [0.1, 0.15) is 30.7 Å². The number of hydrogen-bond donors (Lipinski definition) is 0. The van der Waals surface area contributed by atoms with Crippen LogP contribution >= 0.6 is 0 Å². The molecule has 0 saturated carbocycles. The highest BCUT2D eigenvalue weighted by molar-refractivity contribution is 5.68. The number of hydrogen-bond acceptors (Lipinski definition) is 2. The van der Waals surface area contributed by atoms with Crippen LogP contribution in [0, 0.1) is 0 Å². The Labute approximate surface area is 117 Å². The van der Waals surface area contributed by atoms with Gasteiger partial charge in [0.05, 0.1) is 5.56 Å². The van der Waals surface area contributed by atoms with E-state index in [0.29, 0.717) is 0 Å². The highest BCUT2D eigenvalue weighted by atomic mass is 19.4. The maximum Gasteiger partial charge on any atom is 0.433 e. The van der Waals surface area contributed by atoms with E-state index in [9.17, 15) is 26.3 Å². The Morgan fingerprint density at radius 2 is 1.62 bits per heavy atom. The molecule has 116 valence electrons. The zero-order valence-corrected chi connectivity index (χ0v) is 11.4. The Balaban J connectivity index is 2.87. The third-order valence-electron chi connectivity index (χ3n) is 3.67. The van der Waals surface area contributed by atoms with Gasteiger partial charge in [0.1, 0.15) is 11.5 Å². The molecule has 2 heterocycles. The van der Waals surface area contributed by atoms with Gasteiger partial charge < -0.3 is 4.90 Å². The Hall–Kier alpha value is -1.73. The summed E-state index contributed by atoms with van der Waals surface area (Å²) in [6.45, 7) is 6.60. The molecule has 0 N–H and O–H groups in total. The van der Waals surface area contributed by atoms with Crippen LogP contribution in [0.3, 0.4) is 0 Å². The predicted octanol–water partition coefficient (Wildman–Crippen LogP) is 4.36. The van der Waals surface area contributed by atoms with Crippen LogP contribution in [-0.2, 0) is 17.8 Å². The van der Waals surface area contributed by atoms with E-state index in [-0.39, 0.29) is 23.1 Å². The van der Waals surface area contributed by atoms with Crippen LogP contribution in [0.25, 0.3) is 0 Å². The van der Waals surface area contributed by atoms with E-state index in [1.54, 1.807) is 0 Å². The lowest BCUT2D eigenvalue weighted by atomic mass is 9.82. The number of likely N-dealkylation sites (N-methyl/N-ethyl adjacent to an activating group) is 1. The summed E-state index contributed by atoms with van der Waals surface area (Å²) < 4.78 is 77.8. The van der Waals surface area contributed by atoms with Gasteiger partial charge in [-0.25, -0.2) is 4.98 Å². The quantitative estimate of drug-likeness (QED) is 0.662. The molecule has 1 aliphatic heterocycles. The number of rotatable bonds is 0. The maximum absolute atomic E-state index is 13.2. The van der Waals surface area contributed by atoms with Crippen molar-refractivity contribution in [1.29, 1.82) is 0 Å². The second-order valence-corrected chi connectivity index (χ2v) is 5.38. The van der Waals surface area contributed by atoms with Crippen molar-refractivity contribution in [2.24, 2.45) is 0 Å². The first-order valence-electron chi connectivity index (χ1n) is 5.91. The van der Waals surface area contributed by atoms with Crippen LogP contribution in [0.4, 0.5) is 32.2 Å². The van der Waals surface area contributed by atoms with E-state index >= 15 is 0 Å². The number of anilines is 1. The molecule has 2 rings (SSSR count). The fraction of sp³-hybridized carbons (Fsp3) is 0.462. The largest absolute Gasteiger partial charge is 0.433 e. The fourth-order valence-electron chi connectivity index (χ4n) is 2.45. The standard InChI is InChI=1S/C13H12F6N2/c1-6-11(2,3)9-7(12(14,15)16)5-8(13(17,18)19)20-10(9)21(6)4/h5H,1H2,2-4H3. The van der Waals surface area contributed by atoms with Gasteiger partial charge in [0.25, 0.3) is 0 Å². The minimum absolute atomic E-state index is 0.0625. The third-order valence-corrected chi connectivity index (χ3v) is 3.67. The van der Waals surface area contributed by atoms with Crippen LogP contribution in [0.2, 0.25) is 0 Å². The summed E-state index contributed by atoms with van der Waals surface area (Å²) in [6, 6.07) is 0.0625. The van der Waals surface area contributed by atoms with E-state index in [4.69, 9.17) is 0 Å². The molecule has 2 nitrogen and oxygen atoms in total. The van der Waals surface area contributed by atoms with Gasteiger partial charge in [-0.3, -0.25) is 0 Å². The Bertz CT molecular complexity index is 612. The van der Waals surface area contributed by atoms with Gasteiger partial charge in [0.2, 0.25) is 0 Å². The topological polar surface area (TPSA) is 16.1 Å². The molecule has 0 aromatic carbocycles. The smallest absolute Gasteiger partial charge is 0.333 e. The maximum atomic E-state index is 13.2. The minimum Gasteiger partial charge on any atom is -0.333 e. The summed E-state index contributed by atoms with van der Waals surface area (Å²) in [5.41, 5.74) is -4.06. The van der Waals surface area contributed by atoms with Gasteiger partial charge in [0, 0.05) is 23.7 Å². The van der Waals surface area contributed by atoms with Crippen molar-refractivity contribution in [2.75, 3.05) is 11.9 Å². The molecule has 0 fully saturated rings. The molecule has 0 radical (unpaired) electrons. The van der Waals surface area contributed by atoms with Crippen LogP contribution in [-0.4, -0.2) is 12.0 Å². The van der Waals surface area contributed by atoms with E-state index < -0.39 is 29.0 Å². The first-order valence-corrected chi connectivity index (χ1v) is 5.91. The SMILES string of the molecule is C=C1N(C)c2nc(C(F)(F)F)cc(C(F)(F)F)c2C1(C)C. The van der Waals surface area contributed by atoms with Gasteiger partial charge >= 0.3 is 12.4 Å². The zero-order valence-electron chi connectivity index (χ0n) is 11.4. The highest BCUT2D eigenvalue weighted by Gasteiger charge is 2.49. The highest BCUT2D eigenvalue weighted by Crippen LogP contribution is 2.51. The van der Waals surface area contributed by atoms with Gasteiger partial charge in [-0.1, -0.05) is 20.4 Å². The predicted molar refractivity (Wildman–Crippen MR) is 64.8 cm³/mol. The molecule has 0 bridgehead atoms. The number of halogens is 6. The number of pyridine rings is 1. The number of fused-ring (bicyclic) bond motifs is 1. The molecule has 0 atom stereocenters. The summed E-state index contributed by atoms with van der Waals surface area (Å²) in [5.74, 6) is -0.354. The summed E-state index contributed by atoms with van der Waals surface area (Å²) >= 11 is 0. The van der Waals surface area contributed by atoms with Crippen molar-refractivity contribution in [2.45, 2.75) is 31.6 Å². The van der Waals surface area contributed by atoms with Crippen molar-refractivity contribution in [3.05, 3.63) is 35.2 Å². The third kappa shape index (κ3) is 2.26. The van der Waals surface area contributed by atoms with Crippen LogP contribution in [0.5, 0.6) is 0 Å². The average molecular weight is 310 g/mol.